The fourth-order valence-electron chi connectivity index (χ4n) is 2.64. The zero-order chi connectivity index (χ0) is 12.4. The van der Waals surface area contributed by atoms with Crippen molar-refractivity contribution in [1.82, 2.24) is 15.1 Å². The molecule has 2 aromatic rings. The quantitative estimate of drug-likeness (QED) is 0.895. The van der Waals surface area contributed by atoms with E-state index in [9.17, 15) is 0 Å². The van der Waals surface area contributed by atoms with Gasteiger partial charge in [0.15, 0.2) is 0 Å². The van der Waals surface area contributed by atoms with Gasteiger partial charge in [0, 0.05) is 24.8 Å². The first-order chi connectivity index (χ1) is 8.88. The van der Waals surface area contributed by atoms with Crippen LogP contribution in [0.2, 0.25) is 0 Å². The minimum atomic E-state index is 0.977. The Hall–Kier alpha value is -1.61. The third-order valence-electron chi connectivity index (χ3n) is 3.54. The van der Waals surface area contributed by atoms with Gasteiger partial charge in [0.05, 0.1) is 6.20 Å². The Morgan fingerprint density at radius 1 is 1.39 bits per heavy atom. The average molecular weight is 241 g/mol. The number of nitrogens with one attached hydrogen (secondary N) is 1. The highest BCUT2D eigenvalue weighted by Gasteiger charge is 2.14. The van der Waals surface area contributed by atoms with Gasteiger partial charge in [-0.25, -0.2) is 0 Å². The highest BCUT2D eigenvalue weighted by molar-refractivity contribution is 5.68. The summed E-state index contributed by atoms with van der Waals surface area (Å²) >= 11 is 0. The summed E-state index contributed by atoms with van der Waals surface area (Å²) in [4.78, 5) is 0. The molecule has 1 aromatic carbocycles. The van der Waals surface area contributed by atoms with Gasteiger partial charge in [0.1, 0.15) is 0 Å². The maximum absolute atomic E-state index is 4.43. The molecule has 1 aromatic heterocycles. The molecule has 1 aliphatic heterocycles. The minimum absolute atomic E-state index is 0.977. The Kier molecular flexibility index (Phi) is 3.15. The van der Waals surface area contributed by atoms with Crippen molar-refractivity contribution in [2.45, 2.75) is 32.9 Å². The van der Waals surface area contributed by atoms with Crippen molar-refractivity contribution in [1.29, 1.82) is 0 Å². The van der Waals surface area contributed by atoms with Crippen LogP contribution in [0.1, 0.15) is 24.5 Å². The summed E-state index contributed by atoms with van der Waals surface area (Å²) < 4.78 is 2.03. The van der Waals surface area contributed by atoms with Crippen LogP contribution in [0.15, 0.2) is 30.6 Å². The second-order valence-corrected chi connectivity index (χ2v) is 4.86. The highest BCUT2D eigenvalue weighted by Crippen LogP contribution is 2.27. The number of aryl methyl sites for hydroxylation is 1. The van der Waals surface area contributed by atoms with Gasteiger partial charge in [-0.2, -0.15) is 5.10 Å². The summed E-state index contributed by atoms with van der Waals surface area (Å²) in [6.07, 6.45) is 6.40. The number of aromatic nitrogens is 2. The van der Waals surface area contributed by atoms with Gasteiger partial charge in [-0.1, -0.05) is 25.1 Å². The molecule has 0 aliphatic carbocycles. The molecule has 0 saturated carbocycles. The van der Waals surface area contributed by atoms with Crippen molar-refractivity contribution in [2.24, 2.45) is 0 Å². The molecular weight excluding hydrogens is 222 g/mol. The van der Waals surface area contributed by atoms with Crippen LogP contribution in [0.25, 0.3) is 11.1 Å². The predicted molar refractivity (Wildman–Crippen MR) is 73.4 cm³/mol. The van der Waals surface area contributed by atoms with Gasteiger partial charge in [0.2, 0.25) is 0 Å². The van der Waals surface area contributed by atoms with Crippen molar-refractivity contribution < 1.29 is 0 Å². The number of hydrogen-bond acceptors (Lipinski definition) is 2. The van der Waals surface area contributed by atoms with Crippen molar-refractivity contribution in [3.8, 4) is 11.1 Å². The van der Waals surface area contributed by atoms with Crippen molar-refractivity contribution in [3.63, 3.8) is 0 Å². The Morgan fingerprint density at radius 3 is 3.22 bits per heavy atom. The van der Waals surface area contributed by atoms with Gasteiger partial charge < -0.3 is 5.32 Å². The van der Waals surface area contributed by atoms with E-state index in [1.54, 1.807) is 0 Å². The molecule has 0 radical (unpaired) electrons. The molecule has 1 aliphatic rings. The SMILES string of the molecule is CCCn1cc(-c2cccc3c2CNCC3)cn1. The monoisotopic (exact) mass is 241 g/mol. The molecule has 0 fully saturated rings. The minimum Gasteiger partial charge on any atom is -0.312 e. The van der Waals surface area contributed by atoms with E-state index in [1.807, 2.05) is 10.9 Å². The Balaban J connectivity index is 2.00. The van der Waals surface area contributed by atoms with Crippen LogP contribution in [0.3, 0.4) is 0 Å². The van der Waals surface area contributed by atoms with E-state index in [2.05, 4.69) is 41.7 Å². The molecule has 3 rings (SSSR count). The number of rotatable bonds is 3. The van der Waals surface area contributed by atoms with Gasteiger partial charge in [-0.15, -0.1) is 0 Å². The summed E-state index contributed by atoms with van der Waals surface area (Å²) in [5.74, 6) is 0. The number of fused-ring (bicyclic) bond motifs is 1. The van der Waals surface area contributed by atoms with Gasteiger partial charge in [0.25, 0.3) is 0 Å². The third kappa shape index (κ3) is 2.06. The molecule has 3 nitrogen and oxygen atoms in total. The van der Waals surface area contributed by atoms with E-state index in [-0.39, 0.29) is 0 Å². The highest BCUT2D eigenvalue weighted by atomic mass is 15.3. The molecule has 0 saturated heterocycles. The zero-order valence-electron chi connectivity index (χ0n) is 10.8. The van der Waals surface area contributed by atoms with Gasteiger partial charge >= 0.3 is 0 Å². The molecule has 94 valence electrons. The molecular formula is C15H19N3. The second-order valence-electron chi connectivity index (χ2n) is 4.86. The number of benzene rings is 1. The average Bonchev–Trinajstić information content (AvgIpc) is 2.87. The standard InChI is InChI=1S/C15H19N3/c1-2-8-18-11-13(9-17-18)14-5-3-4-12-6-7-16-10-15(12)14/h3-5,9,11,16H,2,6-8,10H2,1H3. The lowest BCUT2D eigenvalue weighted by molar-refractivity contribution is 0.603. The summed E-state index contributed by atoms with van der Waals surface area (Å²) in [6, 6.07) is 6.62. The molecule has 0 spiro atoms. The fourth-order valence-corrected chi connectivity index (χ4v) is 2.64. The number of nitrogens with zero attached hydrogens (tertiary/aromatic N) is 2. The Morgan fingerprint density at radius 2 is 2.33 bits per heavy atom. The summed E-state index contributed by atoms with van der Waals surface area (Å²) in [6.45, 7) is 5.24. The van der Waals surface area contributed by atoms with Crippen molar-refractivity contribution >= 4 is 0 Å². The predicted octanol–water partition coefficient (Wildman–Crippen LogP) is 2.61. The fraction of sp³-hybridized carbons (Fsp3) is 0.400. The first-order valence-corrected chi connectivity index (χ1v) is 6.73. The van der Waals surface area contributed by atoms with E-state index in [0.717, 1.165) is 32.5 Å². The van der Waals surface area contributed by atoms with Crippen LogP contribution in [0, 0.1) is 0 Å². The smallest absolute Gasteiger partial charge is 0.0568 e. The van der Waals surface area contributed by atoms with E-state index in [0.29, 0.717) is 0 Å². The molecule has 3 heteroatoms. The van der Waals surface area contributed by atoms with Gasteiger partial charge in [-0.3, -0.25) is 4.68 Å². The lowest BCUT2D eigenvalue weighted by atomic mass is 9.93. The first-order valence-electron chi connectivity index (χ1n) is 6.73. The Bertz CT molecular complexity index is 542. The van der Waals surface area contributed by atoms with Crippen LogP contribution >= 0.6 is 0 Å². The van der Waals surface area contributed by atoms with Crippen LogP contribution in [0.5, 0.6) is 0 Å². The number of hydrogen-bond donors (Lipinski definition) is 1. The normalized spacial score (nSPS) is 14.5. The molecule has 18 heavy (non-hydrogen) atoms. The Labute approximate surface area is 108 Å². The van der Waals surface area contributed by atoms with Crippen LogP contribution in [-0.2, 0) is 19.5 Å². The lowest BCUT2D eigenvalue weighted by Crippen LogP contribution is -2.24. The van der Waals surface area contributed by atoms with E-state index >= 15 is 0 Å². The lowest BCUT2D eigenvalue weighted by Gasteiger charge is -2.19. The molecule has 0 bridgehead atoms. The second kappa shape index (κ2) is 4.94. The summed E-state index contributed by atoms with van der Waals surface area (Å²) in [5, 5.41) is 7.88. The molecule has 1 N–H and O–H groups in total. The van der Waals surface area contributed by atoms with Crippen molar-refractivity contribution in [3.05, 3.63) is 41.7 Å². The topological polar surface area (TPSA) is 29.9 Å². The molecule has 0 amide bonds. The molecule has 2 heterocycles. The van der Waals surface area contributed by atoms with Crippen LogP contribution in [0.4, 0.5) is 0 Å². The van der Waals surface area contributed by atoms with E-state index < -0.39 is 0 Å². The van der Waals surface area contributed by atoms with Crippen LogP contribution < -0.4 is 5.32 Å². The first kappa shape index (κ1) is 11.5. The summed E-state index contributed by atoms with van der Waals surface area (Å²) in [7, 11) is 0. The maximum Gasteiger partial charge on any atom is 0.0568 e. The van der Waals surface area contributed by atoms with E-state index in [1.165, 1.54) is 22.3 Å². The molecule has 0 unspecified atom stereocenters. The maximum atomic E-state index is 4.43. The zero-order valence-corrected chi connectivity index (χ0v) is 10.8. The largest absolute Gasteiger partial charge is 0.312 e. The summed E-state index contributed by atoms with van der Waals surface area (Å²) in [5.41, 5.74) is 5.50. The van der Waals surface area contributed by atoms with Gasteiger partial charge in [-0.05, 0) is 36.1 Å². The van der Waals surface area contributed by atoms with E-state index in [4.69, 9.17) is 0 Å². The molecule has 0 atom stereocenters. The van der Waals surface area contributed by atoms with Crippen molar-refractivity contribution in [2.75, 3.05) is 6.54 Å². The third-order valence-corrected chi connectivity index (χ3v) is 3.54. The van der Waals surface area contributed by atoms with Crippen LogP contribution in [-0.4, -0.2) is 16.3 Å².